The summed E-state index contributed by atoms with van der Waals surface area (Å²) >= 11 is 0. The summed E-state index contributed by atoms with van der Waals surface area (Å²) in [4.78, 5) is 0. The third kappa shape index (κ3) is 2.78. The monoisotopic (exact) mass is 278 g/mol. The van der Waals surface area contributed by atoms with Crippen LogP contribution in [0.25, 0.3) is 0 Å². The fourth-order valence-corrected chi connectivity index (χ4v) is 1.25. The van der Waals surface area contributed by atoms with Gasteiger partial charge in [0.1, 0.15) is 0 Å². The van der Waals surface area contributed by atoms with Gasteiger partial charge in [0.2, 0.25) is 0 Å². The van der Waals surface area contributed by atoms with Crippen molar-refractivity contribution in [2.75, 3.05) is 6.61 Å². The third-order valence-electron chi connectivity index (χ3n) is 2.16. The summed E-state index contributed by atoms with van der Waals surface area (Å²) in [5.41, 5.74) is -5.80. The van der Waals surface area contributed by atoms with E-state index in [0.29, 0.717) is 0 Å². The molecule has 0 bridgehead atoms. The van der Waals surface area contributed by atoms with Gasteiger partial charge < -0.3 is 5.11 Å². The van der Waals surface area contributed by atoms with E-state index in [1.54, 1.807) is 0 Å². The van der Waals surface area contributed by atoms with Crippen molar-refractivity contribution in [2.45, 2.75) is 31.4 Å². The van der Waals surface area contributed by atoms with Gasteiger partial charge in [0, 0.05) is 6.61 Å². The van der Waals surface area contributed by atoms with Gasteiger partial charge in [-0.15, -0.1) is 0 Å². The van der Waals surface area contributed by atoms with Gasteiger partial charge in [-0.05, 0) is 12.8 Å². The van der Waals surface area contributed by atoms with E-state index in [1.807, 2.05) is 0 Å². The number of hydrogen-bond donors (Lipinski definition) is 1. The number of halogens is 9. The highest BCUT2D eigenvalue weighted by molar-refractivity contribution is 4.99. The summed E-state index contributed by atoms with van der Waals surface area (Å²) in [7, 11) is 0. The fourth-order valence-electron chi connectivity index (χ4n) is 1.25. The standard InChI is InChI=1S/C7H7F9O/c8-5(9,10)4(2-1-3-17,6(11,12)13)7(14,15)16/h17H,1-3H2. The molecule has 1 nitrogen and oxygen atoms in total. The number of rotatable bonds is 3. The Morgan fingerprint density at radius 1 is 0.647 bits per heavy atom. The highest BCUT2D eigenvalue weighted by Crippen LogP contribution is 2.61. The van der Waals surface area contributed by atoms with E-state index in [4.69, 9.17) is 5.11 Å². The Hall–Kier alpha value is -0.670. The van der Waals surface area contributed by atoms with Crippen molar-refractivity contribution in [3.05, 3.63) is 0 Å². The molecule has 0 aromatic carbocycles. The maximum absolute atomic E-state index is 12.2. The predicted molar refractivity (Wildman–Crippen MR) is 36.9 cm³/mol. The Labute approximate surface area is 89.2 Å². The van der Waals surface area contributed by atoms with Crippen LogP contribution in [-0.4, -0.2) is 30.2 Å². The number of aliphatic hydroxyl groups is 1. The zero-order valence-corrected chi connectivity index (χ0v) is 7.97. The maximum Gasteiger partial charge on any atom is 0.412 e. The number of aliphatic hydroxyl groups excluding tert-OH is 1. The fraction of sp³-hybridized carbons (Fsp3) is 1.00. The van der Waals surface area contributed by atoms with Crippen molar-refractivity contribution in [2.24, 2.45) is 5.41 Å². The highest BCUT2D eigenvalue weighted by Gasteiger charge is 2.82. The molecule has 0 amide bonds. The van der Waals surface area contributed by atoms with Crippen LogP contribution in [0, 0.1) is 5.41 Å². The van der Waals surface area contributed by atoms with Crippen LogP contribution in [0.4, 0.5) is 39.5 Å². The topological polar surface area (TPSA) is 20.2 Å². The lowest BCUT2D eigenvalue weighted by atomic mass is 9.80. The Morgan fingerprint density at radius 3 is 1.12 bits per heavy atom. The summed E-state index contributed by atoms with van der Waals surface area (Å²) in [5, 5.41) is 8.12. The quantitative estimate of drug-likeness (QED) is 0.784. The lowest BCUT2D eigenvalue weighted by molar-refractivity contribution is -0.429. The summed E-state index contributed by atoms with van der Waals surface area (Å²) < 4.78 is 110. The largest absolute Gasteiger partial charge is 0.412 e. The summed E-state index contributed by atoms with van der Waals surface area (Å²) in [6.45, 7) is -1.20. The van der Waals surface area contributed by atoms with E-state index >= 15 is 0 Å². The average Bonchev–Trinajstić information content (AvgIpc) is 1.96. The molecule has 10 heteroatoms. The molecule has 0 spiro atoms. The van der Waals surface area contributed by atoms with E-state index < -0.39 is 43.4 Å². The molecule has 0 unspecified atom stereocenters. The molecule has 0 aromatic rings. The Balaban J connectivity index is 5.75. The zero-order chi connectivity index (χ0) is 14.1. The van der Waals surface area contributed by atoms with Gasteiger partial charge in [0.25, 0.3) is 5.41 Å². The SMILES string of the molecule is OCCCC(C(F)(F)F)(C(F)(F)F)C(F)(F)F. The van der Waals surface area contributed by atoms with Gasteiger partial charge >= 0.3 is 18.5 Å². The molecule has 0 saturated carbocycles. The lowest BCUT2D eigenvalue weighted by Gasteiger charge is -2.38. The van der Waals surface area contributed by atoms with E-state index in [-0.39, 0.29) is 0 Å². The maximum atomic E-state index is 12.2. The summed E-state index contributed by atoms with van der Waals surface area (Å²) in [5.74, 6) is 0. The Kier molecular flexibility index (Phi) is 4.36. The molecule has 0 aliphatic rings. The first kappa shape index (κ1) is 16.3. The van der Waals surface area contributed by atoms with Crippen molar-refractivity contribution in [3.63, 3.8) is 0 Å². The summed E-state index contributed by atoms with van der Waals surface area (Å²) in [6, 6.07) is 0. The van der Waals surface area contributed by atoms with Crippen LogP contribution >= 0.6 is 0 Å². The molecule has 0 aliphatic carbocycles. The van der Waals surface area contributed by atoms with Gasteiger partial charge in [0.05, 0.1) is 0 Å². The molecule has 1 N–H and O–H groups in total. The van der Waals surface area contributed by atoms with Gasteiger partial charge in [-0.25, -0.2) is 0 Å². The van der Waals surface area contributed by atoms with Crippen LogP contribution in [-0.2, 0) is 0 Å². The van der Waals surface area contributed by atoms with Crippen molar-refractivity contribution in [3.8, 4) is 0 Å². The van der Waals surface area contributed by atoms with Crippen LogP contribution in [0.5, 0.6) is 0 Å². The Bertz CT molecular complexity index is 212. The third-order valence-corrected chi connectivity index (χ3v) is 2.16. The molecule has 0 atom stereocenters. The average molecular weight is 278 g/mol. The number of hydrogen-bond acceptors (Lipinski definition) is 1. The minimum Gasteiger partial charge on any atom is -0.396 e. The van der Waals surface area contributed by atoms with E-state index in [0.717, 1.165) is 0 Å². The normalized spacial score (nSPS) is 15.2. The van der Waals surface area contributed by atoms with Crippen LogP contribution in [0.15, 0.2) is 0 Å². The second-order valence-electron chi connectivity index (χ2n) is 3.23. The van der Waals surface area contributed by atoms with Crippen molar-refractivity contribution >= 4 is 0 Å². The molecule has 0 fully saturated rings. The van der Waals surface area contributed by atoms with Gasteiger partial charge in [-0.1, -0.05) is 0 Å². The van der Waals surface area contributed by atoms with E-state index in [1.165, 1.54) is 0 Å². The first-order chi connectivity index (χ1) is 7.31. The van der Waals surface area contributed by atoms with Gasteiger partial charge in [-0.3, -0.25) is 0 Å². The molecule has 0 radical (unpaired) electrons. The van der Waals surface area contributed by atoms with Crippen LogP contribution < -0.4 is 0 Å². The molecule has 0 heterocycles. The summed E-state index contributed by atoms with van der Waals surface area (Å²) in [6.07, 6.45) is -23.1. The molecular weight excluding hydrogens is 271 g/mol. The predicted octanol–water partition coefficient (Wildman–Crippen LogP) is 3.43. The van der Waals surface area contributed by atoms with Gasteiger partial charge in [0.15, 0.2) is 0 Å². The van der Waals surface area contributed by atoms with Crippen molar-refractivity contribution in [1.29, 1.82) is 0 Å². The minimum atomic E-state index is -6.53. The first-order valence-electron chi connectivity index (χ1n) is 4.12. The van der Waals surface area contributed by atoms with Crippen LogP contribution in [0.1, 0.15) is 12.8 Å². The molecule has 0 rings (SSSR count). The zero-order valence-electron chi connectivity index (χ0n) is 7.97. The molecular formula is C7H7F9O. The second-order valence-corrected chi connectivity index (χ2v) is 3.23. The molecule has 0 aliphatic heterocycles. The molecule has 0 saturated heterocycles. The first-order valence-corrected chi connectivity index (χ1v) is 4.12. The van der Waals surface area contributed by atoms with E-state index in [2.05, 4.69) is 0 Å². The molecule has 104 valence electrons. The van der Waals surface area contributed by atoms with Crippen molar-refractivity contribution in [1.82, 2.24) is 0 Å². The van der Waals surface area contributed by atoms with Gasteiger partial charge in [-0.2, -0.15) is 39.5 Å². The van der Waals surface area contributed by atoms with Crippen LogP contribution in [0.2, 0.25) is 0 Å². The Morgan fingerprint density at radius 2 is 0.941 bits per heavy atom. The lowest BCUT2D eigenvalue weighted by Crippen LogP contribution is -2.59. The minimum absolute atomic E-state index is 1.20. The number of alkyl halides is 9. The smallest absolute Gasteiger partial charge is 0.396 e. The molecule has 0 aromatic heterocycles. The van der Waals surface area contributed by atoms with Crippen molar-refractivity contribution < 1.29 is 44.6 Å². The van der Waals surface area contributed by atoms with Crippen LogP contribution in [0.3, 0.4) is 0 Å². The van der Waals surface area contributed by atoms with E-state index in [9.17, 15) is 39.5 Å². The second kappa shape index (κ2) is 4.54. The highest BCUT2D eigenvalue weighted by atomic mass is 19.4. The molecule has 17 heavy (non-hydrogen) atoms.